The number of aliphatic carboxylic acids is 2. The van der Waals surface area contributed by atoms with Crippen molar-refractivity contribution in [1.29, 1.82) is 0 Å². The van der Waals surface area contributed by atoms with Crippen LogP contribution in [0.1, 0.15) is 12.5 Å². The zero-order chi connectivity index (χ0) is 14.3. The topological polar surface area (TPSA) is 93.1 Å². The molecule has 19 heavy (non-hydrogen) atoms. The second-order valence-corrected chi connectivity index (χ2v) is 3.46. The van der Waals surface area contributed by atoms with E-state index in [9.17, 15) is 9.59 Å². The second kappa shape index (κ2) is 7.05. The highest BCUT2D eigenvalue weighted by Crippen LogP contribution is 2.32. The maximum Gasteiger partial charge on any atom is 0.341 e. The van der Waals surface area contributed by atoms with Gasteiger partial charge in [-0.25, -0.2) is 9.59 Å². The highest BCUT2D eigenvalue weighted by atomic mass is 16.5. The third-order valence-corrected chi connectivity index (χ3v) is 2.05. The first kappa shape index (κ1) is 14.6. The van der Waals surface area contributed by atoms with Crippen molar-refractivity contribution in [3.63, 3.8) is 0 Å². The van der Waals surface area contributed by atoms with Crippen LogP contribution in [0.4, 0.5) is 0 Å². The summed E-state index contributed by atoms with van der Waals surface area (Å²) in [6.45, 7) is 1.63. The fourth-order valence-corrected chi connectivity index (χ4v) is 1.38. The Morgan fingerprint density at radius 1 is 1.26 bits per heavy atom. The van der Waals surface area contributed by atoms with Gasteiger partial charge >= 0.3 is 11.9 Å². The van der Waals surface area contributed by atoms with Crippen LogP contribution < -0.4 is 9.47 Å². The van der Waals surface area contributed by atoms with Crippen LogP contribution in [0, 0.1) is 0 Å². The number of para-hydroxylation sites is 1. The molecule has 0 fully saturated rings. The van der Waals surface area contributed by atoms with Crippen LogP contribution in [-0.2, 0) is 9.59 Å². The molecule has 1 aromatic rings. The molecule has 0 unspecified atom stereocenters. The van der Waals surface area contributed by atoms with Crippen LogP contribution >= 0.6 is 0 Å². The SMILES string of the molecule is CCOc1cccc(C=CC(=O)O)c1OCC(=O)O. The van der Waals surface area contributed by atoms with Gasteiger partial charge in [0.1, 0.15) is 0 Å². The first-order valence-corrected chi connectivity index (χ1v) is 5.56. The van der Waals surface area contributed by atoms with Crippen LogP contribution in [-0.4, -0.2) is 35.4 Å². The molecule has 0 amide bonds. The van der Waals surface area contributed by atoms with Gasteiger partial charge in [-0.2, -0.15) is 0 Å². The lowest BCUT2D eigenvalue weighted by Gasteiger charge is -2.13. The quantitative estimate of drug-likeness (QED) is 0.729. The molecular weight excluding hydrogens is 252 g/mol. The minimum absolute atomic E-state index is 0.212. The second-order valence-electron chi connectivity index (χ2n) is 3.46. The number of ether oxygens (including phenoxy) is 2. The Morgan fingerprint density at radius 3 is 2.58 bits per heavy atom. The number of hydrogen-bond acceptors (Lipinski definition) is 4. The third-order valence-electron chi connectivity index (χ3n) is 2.05. The van der Waals surface area contributed by atoms with E-state index < -0.39 is 18.5 Å². The fraction of sp³-hybridized carbons (Fsp3) is 0.231. The summed E-state index contributed by atoms with van der Waals surface area (Å²) in [7, 11) is 0. The molecule has 1 rings (SSSR count). The van der Waals surface area contributed by atoms with Crippen molar-refractivity contribution in [3.8, 4) is 11.5 Å². The van der Waals surface area contributed by atoms with E-state index in [1.807, 2.05) is 0 Å². The molecule has 0 heterocycles. The van der Waals surface area contributed by atoms with Crippen molar-refractivity contribution < 1.29 is 29.3 Å². The average Bonchev–Trinajstić information content (AvgIpc) is 2.35. The number of carbonyl (C=O) groups is 2. The van der Waals surface area contributed by atoms with E-state index in [2.05, 4.69) is 0 Å². The Bertz CT molecular complexity index is 492. The van der Waals surface area contributed by atoms with E-state index in [4.69, 9.17) is 19.7 Å². The molecular formula is C13H14O6. The first-order valence-electron chi connectivity index (χ1n) is 5.56. The smallest absolute Gasteiger partial charge is 0.341 e. The summed E-state index contributed by atoms with van der Waals surface area (Å²) in [4.78, 5) is 21.0. The summed E-state index contributed by atoms with van der Waals surface area (Å²) in [6.07, 6.45) is 2.26. The van der Waals surface area contributed by atoms with Gasteiger partial charge in [0, 0.05) is 11.6 Å². The summed E-state index contributed by atoms with van der Waals surface area (Å²) in [5, 5.41) is 17.2. The minimum atomic E-state index is -1.13. The lowest BCUT2D eigenvalue weighted by atomic mass is 10.1. The molecule has 0 atom stereocenters. The van der Waals surface area contributed by atoms with Gasteiger partial charge in [0.05, 0.1) is 6.61 Å². The fourth-order valence-electron chi connectivity index (χ4n) is 1.38. The van der Waals surface area contributed by atoms with Gasteiger partial charge in [-0.3, -0.25) is 0 Å². The Morgan fingerprint density at radius 2 is 2.00 bits per heavy atom. The highest BCUT2D eigenvalue weighted by Gasteiger charge is 2.11. The van der Waals surface area contributed by atoms with Crippen LogP contribution in [0.15, 0.2) is 24.3 Å². The predicted octanol–water partition coefficient (Wildman–Crippen LogP) is 1.65. The molecule has 1 aromatic carbocycles. The van der Waals surface area contributed by atoms with Gasteiger partial charge in [0.15, 0.2) is 18.1 Å². The Hall–Kier alpha value is -2.50. The third kappa shape index (κ3) is 4.71. The minimum Gasteiger partial charge on any atom is -0.490 e. The van der Waals surface area contributed by atoms with E-state index in [1.54, 1.807) is 25.1 Å². The first-order chi connectivity index (χ1) is 9.04. The molecule has 0 aliphatic heterocycles. The Balaban J connectivity index is 3.09. The van der Waals surface area contributed by atoms with Crippen molar-refractivity contribution in [2.24, 2.45) is 0 Å². The molecule has 0 aromatic heterocycles. The van der Waals surface area contributed by atoms with Crippen molar-refractivity contribution >= 4 is 18.0 Å². The molecule has 6 heteroatoms. The van der Waals surface area contributed by atoms with Gasteiger partial charge < -0.3 is 19.7 Å². The number of hydrogen-bond donors (Lipinski definition) is 2. The average molecular weight is 266 g/mol. The molecule has 2 N–H and O–H groups in total. The molecule has 102 valence electrons. The largest absolute Gasteiger partial charge is 0.490 e. The zero-order valence-electron chi connectivity index (χ0n) is 10.3. The molecule has 0 aliphatic rings. The summed E-state index contributed by atoms with van der Waals surface area (Å²) >= 11 is 0. The summed E-state index contributed by atoms with van der Waals surface area (Å²) in [6, 6.07) is 4.90. The highest BCUT2D eigenvalue weighted by molar-refractivity contribution is 5.86. The van der Waals surface area contributed by atoms with Gasteiger partial charge in [-0.15, -0.1) is 0 Å². The molecule has 0 radical (unpaired) electrons. The summed E-state index contributed by atoms with van der Waals surface area (Å²) in [5.41, 5.74) is 0.439. The van der Waals surface area contributed by atoms with Crippen molar-refractivity contribution in [1.82, 2.24) is 0 Å². The Labute approximate surface area is 109 Å². The number of benzene rings is 1. The summed E-state index contributed by atoms with van der Waals surface area (Å²) in [5.74, 6) is -1.65. The van der Waals surface area contributed by atoms with Crippen molar-refractivity contribution in [3.05, 3.63) is 29.8 Å². The molecule has 0 bridgehead atoms. The normalized spacial score (nSPS) is 10.4. The number of rotatable bonds is 7. The monoisotopic (exact) mass is 266 g/mol. The molecule has 0 saturated carbocycles. The van der Waals surface area contributed by atoms with E-state index in [-0.39, 0.29) is 5.75 Å². The maximum absolute atomic E-state index is 10.5. The van der Waals surface area contributed by atoms with Gasteiger partial charge in [0.2, 0.25) is 0 Å². The van der Waals surface area contributed by atoms with E-state index in [0.29, 0.717) is 17.9 Å². The van der Waals surface area contributed by atoms with Gasteiger partial charge in [-0.1, -0.05) is 12.1 Å². The van der Waals surface area contributed by atoms with Gasteiger partial charge in [0.25, 0.3) is 0 Å². The zero-order valence-corrected chi connectivity index (χ0v) is 10.3. The number of carboxylic acid groups (broad SMARTS) is 2. The van der Waals surface area contributed by atoms with E-state index in [1.165, 1.54) is 6.08 Å². The van der Waals surface area contributed by atoms with Crippen LogP contribution in [0.3, 0.4) is 0 Å². The standard InChI is InChI=1S/C13H14O6/c1-2-18-10-5-3-4-9(6-7-11(14)15)13(10)19-8-12(16)17/h3-7H,2,8H2,1H3,(H,14,15)(H,16,17). The van der Waals surface area contributed by atoms with Crippen LogP contribution in [0.25, 0.3) is 6.08 Å². The van der Waals surface area contributed by atoms with Crippen LogP contribution in [0.2, 0.25) is 0 Å². The molecule has 0 saturated heterocycles. The molecule has 6 nitrogen and oxygen atoms in total. The van der Waals surface area contributed by atoms with Gasteiger partial charge in [-0.05, 0) is 19.1 Å². The van der Waals surface area contributed by atoms with Crippen LogP contribution in [0.5, 0.6) is 11.5 Å². The van der Waals surface area contributed by atoms with E-state index in [0.717, 1.165) is 6.08 Å². The lowest BCUT2D eigenvalue weighted by Crippen LogP contribution is -2.11. The van der Waals surface area contributed by atoms with Crippen molar-refractivity contribution in [2.45, 2.75) is 6.92 Å². The Kier molecular flexibility index (Phi) is 5.40. The number of carboxylic acids is 2. The predicted molar refractivity (Wildman–Crippen MR) is 67.4 cm³/mol. The maximum atomic E-state index is 10.5. The van der Waals surface area contributed by atoms with Crippen molar-refractivity contribution in [2.75, 3.05) is 13.2 Å². The molecule has 0 spiro atoms. The molecule has 0 aliphatic carbocycles. The van der Waals surface area contributed by atoms with E-state index >= 15 is 0 Å². The summed E-state index contributed by atoms with van der Waals surface area (Å²) < 4.78 is 10.5. The lowest BCUT2D eigenvalue weighted by molar-refractivity contribution is -0.139.